The SMILES string of the molecule is NC(=O)CC[C@H](N)C(=O)N1CC(Oc2ccc(CCB(O)O)c(O)c2C(=O)O)C1. The topological polar surface area (TPSA) is 197 Å². The van der Waals surface area contributed by atoms with Gasteiger partial charge in [0, 0.05) is 6.42 Å². The van der Waals surface area contributed by atoms with Gasteiger partial charge >= 0.3 is 13.1 Å². The van der Waals surface area contributed by atoms with E-state index in [1.165, 1.54) is 17.0 Å². The van der Waals surface area contributed by atoms with Crippen molar-refractivity contribution >= 4 is 24.9 Å². The number of nitrogens with zero attached hydrogens (tertiary/aromatic N) is 1. The Bertz CT molecular complexity index is 782. The molecule has 12 heteroatoms. The molecule has 1 aliphatic rings. The van der Waals surface area contributed by atoms with Crippen LogP contribution in [0.5, 0.6) is 11.5 Å². The Morgan fingerprint density at radius 2 is 1.93 bits per heavy atom. The van der Waals surface area contributed by atoms with Crippen molar-refractivity contribution in [1.82, 2.24) is 4.90 Å². The van der Waals surface area contributed by atoms with Crippen molar-refractivity contribution in [3.63, 3.8) is 0 Å². The molecule has 0 aliphatic carbocycles. The van der Waals surface area contributed by atoms with Crippen molar-refractivity contribution in [3.8, 4) is 11.5 Å². The van der Waals surface area contributed by atoms with E-state index in [-0.39, 0.29) is 55.9 Å². The number of benzene rings is 1. The van der Waals surface area contributed by atoms with E-state index in [0.717, 1.165) is 0 Å². The number of carbonyl (C=O) groups is 3. The van der Waals surface area contributed by atoms with Gasteiger partial charge in [-0.1, -0.05) is 6.07 Å². The quantitative estimate of drug-likeness (QED) is 0.244. The fourth-order valence-electron chi connectivity index (χ4n) is 2.93. The highest BCUT2D eigenvalue weighted by atomic mass is 16.5. The Labute approximate surface area is 167 Å². The van der Waals surface area contributed by atoms with Crippen molar-refractivity contribution in [2.75, 3.05) is 13.1 Å². The number of ether oxygens (including phenoxy) is 1. The summed E-state index contributed by atoms with van der Waals surface area (Å²) in [6.45, 7) is 0.364. The molecular weight excluding hydrogens is 385 g/mol. The van der Waals surface area contributed by atoms with Crippen LogP contribution in [0.25, 0.3) is 0 Å². The van der Waals surface area contributed by atoms with Crippen molar-refractivity contribution < 1.29 is 39.4 Å². The van der Waals surface area contributed by atoms with Crippen LogP contribution in [0.2, 0.25) is 6.32 Å². The van der Waals surface area contributed by atoms with Gasteiger partial charge in [0.2, 0.25) is 11.8 Å². The Kier molecular flexibility index (Phi) is 7.43. The summed E-state index contributed by atoms with van der Waals surface area (Å²) in [5, 5.41) is 37.5. The molecule has 11 nitrogen and oxygen atoms in total. The fourth-order valence-corrected chi connectivity index (χ4v) is 2.93. The molecule has 2 rings (SSSR count). The van der Waals surface area contributed by atoms with Gasteiger partial charge < -0.3 is 41.4 Å². The van der Waals surface area contributed by atoms with Crippen LogP contribution in [-0.2, 0) is 16.0 Å². The number of aromatic hydroxyl groups is 1. The van der Waals surface area contributed by atoms with Gasteiger partial charge in [0.05, 0.1) is 19.1 Å². The van der Waals surface area contributed by atoms with Gasteiger partial charge in [-0.25, -0.2) is 4.79 Å². The molecule has 0 radical (unpaired) electrons. The van der Waals surface area contributed by atoms with Gasteiger partial charge in [0.25, 0.3) is 0 Å². The minimum absolute atomic E-state index is 0.00157. The van der Waals surface area contributed by atoms with E-state index in [4.69, 9.17) is 26.3 Å². The number of nitrogens with two attached hydrogens (primary N) is 2. The van der Waals surface area contributed by atoms with Crippen molar-refractivity contribution in [2.45, 2.75) is 37.7 Å². The standard InChI is InChI=1S/C17H24BN3O8/c19-11(2-4-13(20)22)16(24)21-7-10(8-21)29-12-3-1-9(5-6-18(27)28)15(23)14(12)17(25)26/h1,3,10-11,23,27-28H,2,4-8,19H2,(H2,20,22)(H,25,26)/t11-/m0/s1. The minimum atomic E-state index is -1.58. The van der Waals surface area contributed by atoms with Crippen LogP contribution in [0.1, 0.15) is 28.8 Å². The second-order valence-corrected chi connectivity index (χ2v) is 6.87. The zero-order valence-electron chi connectivity index (χ0n) is 15.7. The van der Waals surface area contributed by atoms with E-state index < -0.39 is 42.5 Å². The number of primary amides is 1. The first-order valence-corrected chi connectivity index (χ1v) is 9.03. The van der Waals surface area contributed by atoms with Crippen LogP contribution >= 0.6 is 0 Å². The number of aromatic carboxylic acids is 1. The smallest absolute Gasteiger partial charge is 0.451 e. The Morgan fingerprint density at radius 3 is 2.48 bits per heavy atom. The summed E-state index contributed by atoms with van der Waals surface area (Å²) in [5.74, 6) is -2.86. The largest absolute Gasteiger partial charge is 0.507 e. The summed E-state index contributed by atoms with van der Waals surface area (Å²) in [7, 11) is -1.58. The number of carboxylic acids is 1. The maximum absolute atomic E-state index is 12.2. The van der Waals surface area contributed by atoms with E-state index >= 15 is 0 Å². The Hall–Kier alpha value is -2.83. The highest BCUT2D eigenvalue weighted by molar-refractivity contribution is 6.41. The van der Waals surface area contributed by atoms with Gasteiger partial charge in [0.1, 0.15) is 23.2 Å². The molecule has 1 aromatic carbocycles. The number of rotatable bonds is 10. The van der Waals surface area contributed by atoms with Gasteiger partial charge in [0.15, 0.2) is 0 Å². The third-order valence-electron chi connectivity index (χ3n) is 4.58. The van der Waals surface area contributed by atoms with Gasteiger partial charge in [-0.15, -0.1) is 0 Å². The summed E-state index contributed by atoms with van der Waals surface area (Å²) in [5.41, 5.74) is 10.6. The number of carbonyl (C=O) groups excluding carboxylic acids is 2. The molecule has 1 aliphatic heterocycles. The first-order chi connectivity index (χ1) is 13.6. The molecule has 1 saturated heterocycles. The molecule has 8 N–H and O–H groups in total. The summed E-state index contributed by atoms with van der Waals surface area (Å²) in [6, 6.07) is 1.97. The maximum atomic E-state index is 12.2. The number of hydrogen-bond acceptors (Lipinski definition) is 8. The summed E-state index contributed by atoms with van der Waals surface area (Å²) < 4.78 is 5.61. The second kappa shape index (κ2) is 9.59. The average molecular weight is 409 g/mol. The van der Waals surface area contributed by atoms with Crippen molar-refractivity contribution in [1.29, 1.82) is 0 Å². The number of aryl methyl sites for hydroxylation is 1. The molecule has 0 bridgehead atoms. The summed E-state index contributed by atoms with van der Waals surface area (Å²) in [6.07, 6.45) is -0.342. The summed E-state index contributed by atoms with van der Waals surface area (Å²) in [4.78, 5) is 35.9. The van der Waals surface area contributed by atoms with Crippen LogP contribution in [0.15, 0.2) is 12.1 Å². The number of phenols is 1. The second-order valence-electron chi connectivity index (χ2n) is 6.87. The zero-order valence-corrected chi connectivity index (χ0v) is 15.7. The lowest BCUT2D eigenvalue weighted by atomic mass is 9.82. The lowest BCUT2D eigenvalue weighted by Gasteiger charge is -2.40. The Balaban J connectivity index is 1.99. The molecule has 0 spiro atoms. The Morgan fingerprint density at radius 1 is 1.28 bits per heavy atom. The molecule has 1 heterocycles. The monoisotopic (exact) mass is 409 g/mol. The predicted molar refractivity (Wildman–Crippen MR) is 101 cm³/mol. The van der Waals surface area contributed by atoms with E-state index in [0.29, 0.717) is 0 Å². The number of hydrogen-bond donors (Lipinski definition) is 6. The van der Waals surface area contributed by atoms with Crippen LogP contribution in [0, 0.1) is 0 Å². The third kappa shape index (κ3) is 5.83. The van der Waals surface area contributed by atoms with E-state index in [1.54, 1.807) is 0 Å². The molecule has 0 aromatic heterocycles. The molecule has 1 fully saturated rings. The lowest BCUT2D eigenvalue weighted by Crippen LogP contribution is -2.60. The first-order valence-electron chi connectivity index (χ1n) is 9.03. The van der Waals surface area contributed by atoms with Crippen LogP contribution in [0.3, 0.4) is 0 Å². The highest BCUT2D eigenvalue weighted by Gasteiger charge is 2.35. The highest BCUT2D eigenvalue weighted by Crippen LogP contribution is 2.34. The minimum Gasteiger partial charge on any atom is -0.507 e. The normalized spacial score (nSPS) is 14.8. The van der Waals surface area contributed by atoms with Crippen LogP contribution in [0.4, 0.5) is 0 Å². The maximum Gasteiger partial charge on any atom is 0.451 e. The molecule has 0 saturated carbocycles. The number of likely N-dealkylation sites (tertiary alicyclic amines) is 1. The zero-order chi connectivity index (χ0) is 21.7. The van der Waals surface area contributed by atoms with Crippen molar-refractivity contribution in [2.24, 2.45) is 11.5 Å². The summed E-state index contributed by atoms with van der Waals surface area (Å²) >= 11 is 0. The van der Waals surface area contributed by atoms with Gasteiger partial charge in [-0.3, -0.25) is 9.59 Å². The van der Waals surface area contributed by atoms with E-state index in [9.17, 15) is 24.6 Å². The lowest BCUT2D eigenvalue weighted by molar-refractivity contribution is -0.141. The molecular formula is C17H24BN3O8. The molecule has 29 heavy (non-hydrogen) atoms. The molecule has 2 amide bonds. The molecule has 0 unspecified atom stereocenters. The average Bonchev–Trinajstić information content (AvgIpc) is 2.60. The molecule has 158 valence electrons. The molecule has 1 atom stereocenters. The van der Waals surface area contributed by atoms with Crippen LogP contribution < -0.4 is 16.2 Å². The van der Waals surface area contributed by atoms with Gasteiger partial charge in [-0.2, -0.15) is 0 Å². The predicted octanol–water partition coefficient (Wildman–Crippen LogP) is -1.71. The van der Waals surface area contributed by atoms with E-state index in [1.807, 2.05) is 0 Å². The first kappa shape index (κ1) is 22.5. The number of amides is 2. The van der Waals surface area contributed by atoms with Crippen LogP contribution in [-0.4, -0.2) is 75.3 Å². The van der Waals surface area contributed by atoms with E-state index in [2.05, 4.69) is 0 Å². The van der Waals surface area contributed by atoms with Crippen molar-refractivity contribution in [3.05, 3.63) is 23.3 Å². The van der Waals surface area contributed by atoms with Gasteiger partial charge in [-0.05, 0) is 30.8 Å². The molecule has 1 aromatic rings. The third-order valence-corrected chi connectivity index (χ3v) is 4.58. The fraction of sp³-hybridized carbons (Fsp3) is 0.471. The number of carboxylic acid groups (broad SMARTS) is 1.